The first-order valence-electron chi connectivity index (χ1n) is 6.66. The van der Waals surface area contributed by atoms with Crippen LogP contribution in [0.1, 0.15) is 29.8 Å². The highest BCUT2D eigenvalue weighted by molar-refractivity contribution is 5.87. The Balaban J connectivity index is 1.93. The molecule has 0 aliphatic carbocycles. The minimum Gasteiger partial charge on any atom is -0.461 e. The van der Waals surface area contributed by atoms with E-state index in [1.54, 1.807) is 29.1 Å². The van der Waals surface area contributed by atoms with Crippen LogP contribution in [0.3, 0.4) is 0 Å². The SMILES string of the molecule is N#CCCCCOC(=O)c1ccn(-c2cccc(N)c2)n1. The lowest BCUT2D eigenvalue weighted by molar-refractivity contribution is 0.0491. The Morgan fingerprint density at radius 2 is 2.24 bits per heavy atom. The molecule has 1 aromatic carbocycles. The van der Waals surface area contributed by atoms with Gasteiger partial charge in [0.1, 0.15) is 0 Å². The molecule has 0 aliphatic heterocycles. The van der Waals surface area contributed by atoms with E-state index in [0.717, 1.165) is 12.1 Å². The average Bonchev–Trinajstić information content (AvgIpc) is 2.97. The molecule has 2 aromatic rings. The van der Waals surface area contributed by atoms with Crippen molar-refractivity contribution in [2.24, 2.45) is 0 Å². The number of nitriles is 1. The molecule has 0 spiro atoms. The van der Waals surface area contributed by atoms with Crippen LogP contribution in [0, 0.1) is 11.3 Å². The van der Waals surface area contributed by atoms with E-state index in [0.29, 0.717) is 25.1 Å². The van der Waals surface area contributed by atoms with Crippen LogP contribution in [0.15, 0.2) is 36.5 Å². The van der Waals surface area contributed by atoms with Crippen LogP contribution >= 0.6 is 0 Å². The molecule has 2 rings (SSSR count). The fourth-order valence-electron chi connectivity index (χ4n) is 1.79. The lowest BCUT2D eigenvalue weighted by Gasteiger charge is -2.03. The fourth-order valence-corrected chi connectivity index (χ4v) is 1.79. The third kappa shape index (κ3) is 4.08. The highest BCUT2D eigenvalue weighted by Crippen LogP contribution is 2.12. The number of carbonyl (C=O) groups excluding carboxylic acids is 1. The zero-order chi connectivity index (χ0) is 15.1. The minimum absolute atomic E-state index is 0.248. The van der Waals surface area contributed by atoms with Gasteiger partial charge >= 0.3 is 5.97 Å². The molecule has 0 radical (unpaired) electrons. The van der Waals surface area contributed by atoms with Gasteiger partial charge in [-0.1, -0.05) is 6.07 Å². The van der Waals surface area contributed by atoms with Gasteiger partial charge in [-0.3, -0.25) is 0 Å². The number of nitrogen functional groups attached to an aromatic ring is 1. The summed E-state index contributed by atoms with van der Waals surface area (Å²) >= 11 is 0. The highest BCUT2D eigenvalue weighted by atomic mass is 16.5. The molecule has 0 aliphatic rings. The van der Waals surface area contributed by atoms with Crippen molar-refractivity contribution in [2.75, 3.05) is 12.3 Å². The van der Waals surface area contributed by atoms with E-state index >= 15 is 0 Å². The highest BCUT2D eigenvalue weighted by Gasteiger charge is 2.11. The molecule has 108 valence electrons. The predicted octanol–water partition coefficient (Wildman–Crippen LogP) is 2.31. The number of unbranched alkanes of at least 4 members (excludes halogenated alkanes) is 2. The molecule has 1 aromatic heterocycles. The van der Waals surface area contributed by atoms with Gasteiger partial charge < -0.3 is 10.5 Å². The minimum atomic E-state index is -0.463. The second-order valence-electron chi connectivity index (χ2n) is 4.49. The second kappa shape index (κ2) is 7.10. The van der Waals surface area contributed by atoms with Gasteiger partial charge in [0.2, 0.25) is 0 Å². The number of rotatable bonds is 6. The van der Waals surface area contributed by atoms with Gasteiger partial charge in [0.25, 0.3) is 0 Å². The molecule has 0 fully saturated rings. The van der Waals surface area contributed by atoms with Crippen LogP contribution in [0.25, 0.3) is 5.69 Å². The van der Waals surface area contributed by atoms with Crippen LogP contribution < -0.4 is 5.73 Å². The first-order chi connectivity index (χ1) is 10.2. The van der Waals surface area contributed by atoms with Gasteiger partial charge in [-0.15, -0.1) is 0 Å². The summed E-state index contributed by atoms with van der Waals surface area (Å²) in [6.45, 7) is 0.297. The molecule has 1 heterocycles. The standard InChI is InChI=1S/C15H16N4O2/c16-8-2-1-3-10-21-15(20)14-7-9-19(18-14)13-6-4-5-12(17)11-13/h4-7,9,11H,1-3,10,17H2. The largest absolute Gasteiger partial charge is 0.461 e. The summed E-state index contributed by atoms with van der Waals surface area (Å²) in [7, 11) is 0. The number of ether oxygens (including phenoxy) is 1. The Morgan fingerprint density at radius 1 is 1.38 bits per heavy atom. The van der Waals surface area contributed by atoms with Gasteiger partial charge in [-0.25, -0.2) is 9.48 Å². The Kier molecular flexibility index (Phi) is 4.94. The fraction of sp³-hybridized carbons (Fsp3) is 0.267. The van der Waals surface area contributed by atoms with Gasteiger partial charge in [0.15, 0.2) is 5.69 Å². The van der Waals surface area contributed by atoms with Crippen molar-refractivity contribution in [1.82, 2.24) is 9.78 Å². The van der Waals surface area contributed by atoms with E-state index in [1.807, 2.05) is 18.2 Å². The van der Waals surface area contributed by atoms with Crippen molar-refractivity contribution in [2.45, 2.75) is 19.3 Å². The van der Waals surface area contributed by atoms with Crippen molar-refractivity contribution in [3.8, 4) is 11.8 Å². The van der Waals surface area contributed by atoms with Crippen molar-refractivity contribution in [1.29, 1.82) is 5.26 Å². The van der Waals surface area contributed by atoms with Gasteiger partial charge in [0, 0.05) is 18.3 Å². The van der Waals surface area contributed by atoms with Gasteiger partial charge in [-0.2, -0.15) is 10.4 Å². The van der Waals surface area contributed by atoms with Crippen molar-refractivity contribution < 1.29 is 9.53 Å². The van der Waals surface area contributed by atoms with Crippen LogP contribution in [-0.2, 0) is 4.74 Å². The molecule has 21 heavy (non-hydrogen) atoms. The Bertz CT molecular complexity index is 658. The van der Waals surface area contributed by atoms with E-state index in [1.165, 1.54) is 0 Å². The number of nitrogens with zero attached hydrogens (tertiary/aromatic N) is 3. The maximum absolute atomic E-state index is 11.8. The lowest BCUT2D eigenvalue weighted by Crippen LogP contribution is -2.08. The molecule has 6 heteroatoms. The maximum Gasteiger partial charge on any atom is 0.358 e. The molecule has 6 nitrogen and oxygen atoms in total. The number of hydrogen-bond acceptors (Lipinski definition) is 5. The molecule has 0 saturated heterocycles. The van der Waals surface area contributed by atoms with Crippen LogP contribution in [0.4, 0.5) is 5.69 Å². The van der Waals surface area contributed by atoms with E-state index in [2.05, 4.69) is 5.10 Å². The number of anilines is 1. The maximum atomic E-state index is 11.8. The molecule has 0 atom stereocenters. The first-order valence-corrected chi connectivity index (χ1v) is 6.66. The molecule has 0 saturated carbocycles. The number of benzene rings is 1. The normalized spacial score (nSPS) is 10.0. The van der Waals surface area contributed by atoms with Crippen molar-refractivity contribution >= 4 is 11.7 Å². The van der Waals surface area contributed by atoms with E-state index in [4.69, 9.17) is 15.7 Å². The molecule has 2 N–H and O–H groups in total. The summed E-state index contributed by atoms with van der Waals surface area (Å²) in [6.07, 6.45) is 3.55. The predicted molar refractivity (Wildman–Crippen MR) is 77.7 cm³/mol. The Morgan fingerprint density at radius 3 is 3.00 bits per heavy atom. The quantitative estimate of drug-likeness (QED) is 0.499. The summed E-state index contributed by atoms with van der Waals surface area (Å²) in [4.78, 5) is 11.8. The molecule has 0 unspecified atom stereocenters. The number of nitrogens with two attached hydrogens (primary N) is 1. The summed E-state index contributed by atoms with van der Waals surface area (Å²) in [5.41, 5.74) is 7.37. The van der Waals surface area contributed by atoms with Gasteiger partial charge in [-0.05, 0) is 37.1 Å². The van der Waals surface area contributed by atoms with E-state index < -0.39 is 5.97 Å². The number of aromatic nitrogens is 2. The van der Waals surface area contributed by atoms with Gasteiger partial charge in [0.05, 0.1) is 18.4 Å². The van der Waals surface area contributed by atoms with Crippen LogP contribution in [0.2, 0.25) is 0 Å². The third-order valence-electron chi connectivity index (χ3n) is 2.85. The smallest absolute Gasteiger partial charge is 0.358 e. The third-order valence-corrected chi connectivity index (χ3v) is 2.85. The van der Waals surface area contributed by atoms with Crippen LogP contribution in [0.5, 0.6) is 0 Å². The van der Waals surface area contributed by atoms with E-state index in [-0.39, 0.29) is 5.69 Å². The molecule has 0 amide bonds. The summed E-state index contributed by atoms with van der Waals surface area (Å²) in [5, 5.41) is 12.6. The summed E-state index contributed by atoms with van der Waals surface area (Å²) in [6, 6.07) is 10.9. The lowest BCUT2D eigenvalue weighted by atomic mass is 10.3. The van der Waals surface area contributed by atoms with Crippen LogP contribution in [-0.4, -0.2) is 22.4 Å². The number of carbonyl (C=O) groups is 1. The topological polar surface area (TPSA) is 93.9 Å². The number of hydrogen-bond donors (Lipinski definition) is 1. The average molecular weight is 284 g/mol. The first kappa shape index (κ1) is 14.6. The van der Waals surface area contributed by atoms with E-state index in [9.17, 15) is 4.79 Å². The summed E-state index contributed by atoms with van der Waals surface area (Å²) < 4.78 is 6.67. The number of esters is 1. The zero-order valence-electron chi connectivity index (χ0n) is 11.5. The molecule has 0 bridgehead atoms. The summed E-state index contributed by atoms with van der Waals surface area (Å²) in [5.74, 6) is -0.463. The molecular weight excluding hydrogens is 268 g/mol. The van der Waals surface area contributed by atoms with Crippen molar-refractivity contribution in [3.63, 3.8) is 0 Å². The zero-order valence-corrected chi connectivity index (χ0v) is 11.5. The monoisotopic (exact) mass is 284 g/mol. The second-order valence-corrected chi connectivity index (χ2v) is 4.49. The van der Waals surface area contributed by atoms with Crippen molar-refractivity contribution in [3.05, 3.63) is 42.2 Å². The Labute approximate surface area is 122 Å². The molecular formula is C15H16N4O2. The Hall–Kier alpha value is -2.81.